The van der Waals surface area contributed by atoms with Crippen LogP contribution in [0.15, 0.2) is 42.5 Å². The van der Waals surface area contributed by atoms with Crippen molar-refractivity contribution >= 4 is 43.7 Å². The van der Waals surface area contributed by atoms with E-state index in [1.807, 2.05) is 0 Å². The summed E-state index contributed by atoms with van der Waals surface area (Å²) in [5, 5.41) is 27.2. The Hall–Kier alpha value is -3.71. The molecule has 2 heterocycles. The normalized spacial score (nSPS) is 19.8. The average molecular weight is 531 g/mol. The smallest absolute Gasteiger partial charge is 0.534 e. The number of carbonyl (C=O) groups excluding carboxylic acids is 3. The third kappa shape index (κ3) is 5.83. The Labute approximate surface area is 210 Å². The number of hydrogen-bond acceptors (Lipinski definition) is 7. The molecular formula is C22H23BN3O10P. The number of fused-ring (bicyclic) bond motifs is 1. The fraction of sp³-hybridized carbons (Fsp3) is 0.273. The van der Waals surface area contributed by atoms with E-state index in [-0.39, 0.29) is 47.4 Å². The number of nitrogens with one attached hydrogen (secondary N) is 3. The number of carboxylic acids is 1. The lowest BCUT2D eigenvalue weighted by Crippen LogP contribution is -2.56. The highest BCUT2D eigenvalue weighted by atomic mass is 31.2. The molecule has 4 rings (SSSR count). The lowest BCUT2D eigenvalue weighted by atomic mass is 9.72. The number of carboxylic acid groups (broad SMARTS) is 1. The highest BCUT2D eigenvalue weighted by Crippen LogP contribution is 2.33. The summed E-state index contributed by atoms with van der Waals surface area (Å²) >= 11 is 0. The number of hydrogen-bond donors (Lipinski definition) is 7. The van der Waals surface area contributed by atoms with Crippen LogP contribution in [0.2, 0.25) is 0 Å². The third-order valence-corrected chi connectivity index (χ3v) is 7.07. The zero-order valence-corrected chi connectivity index (χ0v) is 20.1. The highest BCUT2D eigenvalue weighted by Gasteiger charge is 2.40. The molecular weight excluding hydrogens is 508 g/mol. The average Bonchev–Trinajstić information content (AvgIpc) is 3.28. The zero-order chi connectivity index (χ0) is 26.9. The van der Waals surface area contributed by atoms with Gasteiger partial charge in [-0.25, -0.2) is 4.79 Å². The van der Waals surface area contributed by atoms with Crippen LogP contribution in [0.1, 0.15) is 40.4 Å². The second-order valence-electron chi connectivity index (χ2n) is 8.66. The second-order valence-corrected chi connectivity index (χ2v) is 10.3. The van der Waals surface area contributed by atoms with E-state index in [1.54, 1.807) is 6.07 Å². The fourth-order valence-electron chi connectivity index (χ4n) is 4.20. The minimum Gasteiger partial charge on any atom is -0.534 e. The summed E-state index contributed by atoms with van der Waals surface area (Å²) in [6.07, 6.45) is 0.406. The fourth-order valence-corrected chi connectivity index (χ4v) is 4.73. The van der Waals surface area contributed by atoms with Crippen LogP contribution in [0, 0.1) is 0 Å². The van der Waals surface area contributed by atoms with Gasteiger partial charge in [-0.3, -0.25) is 18.9 Å². The summed E-state index contributed by atoms with van der Waals surface area (Å²) < 4.78 is 16.9. The SMILES string of the molecule is O=C1CC[C@H](C(=O)NC(C(=O)N[C@H]2Cc3cccc(C(=O)O)c3OB2O)c2ccc(P(=O)(O)O)cc2)N1. The summed E-state index contributed by atoms with van der Waals surface area (Å²) in [7, 11) is -6.15. The molecule has 2 aromatic carbocycles. The van der Waals surface area contributed by atoms with Gasteiger partial charge >= 0.3 is 20.7 Å². The maximum atomic E-state index is 13.3. The van der Waals surface area contributed by atoms with Gasteiger partial charge in [0.05, 0.1) is 16.8 Å². The molecule has 2 aliphatic rings. The number of amides is 3. The molecule has 3 amide bonds. The topological polar surface area (TPSA) is 212 Å². The molecule has 2 aliphatic heterocycles. The van der Waals surface area contributed by atoms with Crippen molar-refractivity contribution in [2.45, 2.75) is 37.3 Å². The quantitative estimate of drug-likeness (QED) is 0.167. The predicted octanol–water partition coefficient (Wildman–Crippen LogP) is -1.24. The first kappa shape index (κ1) is 26.4. The van der Waals surface area contributed by atoms with E-state index in [4.69, 9.17) is 4.65 Å². The standard InChI is InChI=1S/C22H23BN3O10P/c27-17-9-8-15(24-17)20(28)26-18(11-4-6-13(7-5-11)37(33,34)35)21(29)25-16-10-12-2-1-3-14(22(30)31)19(12)36-23(16)32/h1-7,15-16,18,32H,8-10H2,(H,24,27)(H,25,29)(H,26,28)(H,30,31)(H2,33,34,35)/t15-,16+,18?/m1/s1. The molecule has 0 saturated carbocycles. The van der Waals surface area contributed by atoms with E-state index in [1.165, 1.54) is 24.3 Å². The highest BCUT2D eigenvalue weighted by molar-refractivity contribution is 7.60. The molecule has 0 radical (unpaired) electrons. The molecule has 194 valence electrons. The summed E-state index contributed by atoms with van der Waals surface area (Å²) in [5.41, 5.74) is 0.484. The number of benzene rings is 2. The van der Waals surface area contributed by atoms with Crippen molar-refractivity contribution < 1.29 is 48.3 Å². The van der Waals surface area contributed by atoms with Gasteiger partial charge in [-0.1, -0.05) is 24.3 Å². The lowest BCUT2D eigenvalue weighted by Gasteiger charge is -2.30. The second kappa shape index (κ2) is 10.3. The Kier molecular flexibility index (Phi) is 7.37. The van der Waals surface area contributed by atoms with E-state index in [9.17, 15) is 43.7 Å². The first-order chi connectivity index (χ1) is 17.4. The van der Waals surface area contributed by atoms with Crippen LogP contribution in [0.4, 0.5) is 0 Å². The molecule has 3 atom stereocenters. The van der Waals surface area contributed by atoms with Gasteiger partial charge in [-0.05, 0) is 42.2 Å². The van der Waals surface area contributed by atoms with Crippen LogP contribution in [0.5, 0.6) is 5.75 Å². The Morgan fingerprint density at radius 3 is 2.43 bits per heavy atom. The lowest BCUT2D eigenvalue weighted by molar-refractivity contribution is -0.130. The molecule has 15 heteroatoms. The molecule has 0 aliphatic carbocycles. The van der Waals surface area contributed by atoms with Gasteiger partial charge in [0, 0.05) is 6.42 Å². The number of rotatable bonds is 7. The third-order valence-electron chi connectivity index (χ3n) is 6.10. The Balaban J connectivity index is 1.57. The van der Waals surface area contributed by atoms with Crippen molar-refractivity contribution in [3.63, 3.8) is 0 Å². The molecule has 1 fully saturated rings. The Morgan fingerprint density at radius 1 is 1.14 bits per heavy atom. The molecule has 1 unspecified atom stereocenters. The monoisotopic (exact) mass is 531 g/mol. The van der Waals surface area contributed by atoms with Gasteiger partial charge < -0.3 is 40.5 Å². The first-order valence-electron chi connectivity index (χ1n) is 11.2. The number of aromatic carboxylic acids is 1. The van der Waals surface area contributed by atoms with E-state index in [2.05, 4.69) is 16.0 Å². The van der Waals surface area contributed by atoms with Gasteiger partial charge in [0.1, 0.15) is 17.8 Å². The molecule has 0 bridgehead atoms. The minimum absolute atomic E-state index is 0.0112. The maximum absolute atomic E-state index is 13.3. The van der Waals surface area contributed by atoms with Gasteiger partial charge in [0.2, 0.25) is 17.7 Å². The van der Waals surface area contributed by atoms with Crippen molar-refractivity contribution in [3.05, 3.63) is 59.2 Å². The molecule has 37 heavy (non-hydrogen) atoms. The molecule has 0 aromatic heterocycles. The van der Waals surface area contributed by atoms with Crippen LogP contribution in [0.3, 0.4) is 0 Å². The zero-order valence-electron chi connectivity index (χ0n) is 19.2. The van der Waals surface area contributed by atoms with Gasteiger partial charge in [0.25, 0.3) is 0 Å². The van der Waals surface area contributed by atoms with Crippen molar-refractivity contribution in [1.29, 1.82) is 0 Å². The van der Waals surface area contributed by atoms with Crippen LogP contribution < -0.4 is 25.9 Å². The molecule has 1 saturated heterocycles. The van der Waals surface area contributed by atoms with Crippen molar-refractivity contribution in [2.24, 2.45) is 0 Å². The van der Waals surface area contributed by atoms with Crippen LogP contribution in [-0.4, -0.2) is 62.7 Å². The van der Waals surface area contributed by atoms with Gasteiger partial charge in [-0.2, -0.15) is 0 Å². The van der Waals surface area contributed by atoms with Crippen LogP contribution in [-0.2, 0) is 25.4 Å². The van der Waals surface area contributed by atoms with Crippen LogP contribution in [0.25, 0.3) is 0 Å². The summed E-state index contributed by atoms with van der Waals surface area (Å²) in [5.74, 6) is -3.98. The summed E-state index contributed by atoms with van der Waals surface area (Å²) in [6, 6.07) is 7.00. The van der Waals surface area contributed by atoms with Gasteiger partial charge in [0.15, 0.2) is 0 Å². The van der Waals surface area contributed by atoms with Crippen molar-refractivity contribution in [2.75, 3.05) is 0 Å². The number of carbonyl (C=O) groups is 4. The molecule has 7 N–H and O–H groups in total. The maximum Gasteiger partial charge on any atom is 0.547 e. The molecule has 0 spiro atoms. The minimum atomic E-state index is -4.55. The Bertz CT molecular complexity index is 1300. The van der Waals surface area contributed by atoms with E-state index in [0.717, 1.165) is 12.1 Å². The number of para-hydroxylation sites is 1. The molecule has 13 nitrogen and oxygen atoms in total. The first-order valence-corrected chi connectivity index (χ1v) is 12.8. The van der Waals surface area contributed by atoms with Crippen molar-refractivity contribution in [3.8, 4) is 5.75 Å². The van der Waals surface area contributed by atoms with Gasteiger partial charge in [-0.15, -0.1) is 0 Å². The summed E-state index contributed by atoms with van der Waals surface area (Å²) in [4.78, 5) is 67.8. The van der Waals surface area contributed by atoms with Crippen LogP contribution >= 0.6 is 7.60 Å². The van der Waals surface area contributed by atoms with E-state index >= 15 is 0 Å². The molecule has 2 aromatic rings. The Morgan fingerprint density at radius 2 is 1.84 bits per heavy atom. The summed E-state index contributed by atoms with van der Waals surface area (Å²) in [6.45, 7) is 0. The van der Waals surface area contributed by atoms with Crippen molar-refractivity contribution in [1.82, 2.24) is 16.0 Å². The predicted molar refractivity (Wildman–Crippen MR) is 128 cm³/mol. The van der Waals surface area contributed by atoms with E-state index in [0.29, 0.717) is 5.56 Å². The largest absolute Gasteiger partial charge is 0.547 e. The van der Waals surface area contributed by atoms with E-state index < -0.39 is 50.5 Å².